The monoisotopic (exact) mass is 262 g/mol. The van der Waals surface area contributed by atoms with Crippen LogP contribution in [0.1, 0.15) is 43.6 Å². The van der Waals surface area contributed by atoms with E-state index in [0.29, 0.717) is 5.56 Å². The Labute approximate surface area is 112 Å². The van der Waals surface area contributed by atoms with Gasteiger partial charge in [0.15, 0.2) is 5.92 Å². The lowest BCUT2D eigenvalue weighted by Gasteiger charge is -2.23. The molecule has 19 heavy (non-hydrogen) atoms. The number of carbonyl (C=O) groups excluding carboxylic acids is 1. The summed E-state index contributed by atoms with van der Waals surface area (Å²) >= 11 is 0. The number of carboxylic acids is 1. The molecule has 0 heterocycles. The molecular weight excluding hydrogens is 244 g/mol. The molecule has 1 aromatic carbocycles. The number of rotatable bonds is 4. The fraction of sp³-hybridized carbons (Fsp3) is 0.467. The van der Waals surface area contributed by atoms with Crippen LogP contribution in [0.4, 0.5) is 0 Å². The number of esters is 1. The third-order valence-electron chi connectivity index (χ3n) is 3.45. The van der Waals surface area contributed by atoms with Crippen LogP contribution < -0.4 is 0 Å². The second kappa shape index (κ2) is 6.36. The summed E-state index contributed by atoms with van der Waals surface area (Å²) in [5, 5.41) is 9.23. The maximum absolute atomic E-state index is 12.1. The fourth-order valence-corrected chi connectivity index (χ4v) is 2.44. The Morgan fingerprint density at radius 3 is 2.32 bits per heavy atom. The predicted octanol–water partition coefficient (Wildman–Crippen LogP) is 2.73. The molecule has 102 valence electrons. The Morgan fingerprint density at radius 2 is 1.74 bits per heavy atom. The number of ether oxygens (including phenoxy) is 1. The van der Waals surface area contributed by atoms with Crippen molar-refractivity contribution < 1.29 is 19.4 Å². The molecule has 1 fully saturated rings. The van der Waals surface area contributed by atoms with Gasteiger partial charge in [-0.05, 0) is 31.2 Å². The first-order valence-electron chi connectivity index (χ1n) is 6.66. The summed E-state index contributed by atoms with van der Waals surface area (Å²) in [7, 11) is 0. The molecule has 0 saturated heterocycles. The summed E-state index contributed by atoms with van der Waals surface area (Å²) in [4.78, 5) is 23.3. The van der Waals surface area contributed by atoms with Gasteiger partial charge in [0.2, 0.25) is 0 Å². The third kappa shape index (κ3) is 3.56. The zero-order chi connectivity index (χ0) is 13.7. The molecule has 1 aliphatic carbocycles. The van der Waals surface area contributed by atoms with Crippen molar-refractivity contribution in [1.82, 2.24) is 0 Å². The van der Waals surface area contributed by atoms with Crippen LogP contribution in [0.3, 0.4) is 0 Å². The molecule has 0 radical (unpaired) electrons. The molecule has 4 nitrogen and oxygen atoms in total. The van der Waals surface area contributed by atoms with Gasteiger partial charge in [0, 0.05) is 0 Å². The van der Waals surface area contributed by atoms with Crippen LogP contribution in [0.2, 0.25) is 0 Å². The van der Waals surface area contributed by atoms with E-state index < -0.39 is 17.9 Å². The average Bonchev–Trinajstić information content (AvgIpc) is 2.40. The van der Waals surface area contributed by atoms with Gasteiger partial charge in [-0.2, -0.15) is 0 Å². The zero-order valence-electron chi connectivity index (χ0n) is 10.7. The van der Waals surface area contributed by atoms with Crippen molar-refractivity contribution in [1.29, 1.82) is 0 Å². The van der Waals surface area contributed by atoms with E-state index >= 15 is 0 Å². The van der Waals surface area contributed by atoms with Crippen LogP contribution in [-0.2, 0) is 14.3 Å². The fourth-order valence-electron chi connectivity index (χ4n) is 2.44. The molecule has 0 spiro atoms. The van der Waals surface area contributed by atoms with Crippen molar-refractivity contribution in [3.8, 4) is 0 Å². The standard InChI is InChI=1S/C15H18O4/c16-14(17)13(11-7-3-1-4-8-11)15(18)19-12-9-5-2-6-10-12/h1,3-4,7-8,12-13H,2,5-6,9-10H2,(H,16,17). The molecule has 1 unspecified atom stereocenters. The number of carbonyl (C=O) groups is 2. The van der Waals surface area contributed by atoms with Gasteiger partial charge in [0.05, 0.1) is 0 Å². The SMILES string of the molecule is O=C(O)C(C(=O)OC1CCCCC1)c1ccccc1. The maximum atomic E-state index is 12.1. The molecular formula is C15H18O4. The van der Waals surface area contributed by atoms with Crippen molar-refractivity contribution in [2.45, 2.75) is 44.1 Å². The summed E-state index contributed by atoms with van der Waals surface area (Å²) in [6.45, 7) is 0. The summed E-state index contributed by atoms with van der Waals surface area (Å²) < 4.78 is 5.35. The van der Waals surface area contributed by atoms with Crippen molar-refractivity contribution in [3.63, 3.8) is 0 Å². The molecule has 0 bridgehead atoms. The third-order valence-corrected chi connectivity index (χ3v) is 3.45. The van der Waals surface area contributed by atoms with Gasteiger partial charge in [-0.1, -0.05) is 36.8 Å². The Morgan fingerprint density at radius 1 is 1.11 bits per heavy atom. The van der Waals surface area contributed by atoms with Gasteiger partial charge in [0.25, 0.3) is 0 Å². The van der Waals surface area contributed by atoms with Gasteiger partial charge in [-0.25, -0.2) is 0 Å². The number of benzene rings is 1. The molecule has 4 heteroatoms. The molecule has 0 amide bonds. The van der Waals surface area contributed by atoms with Crippen molar-refractivity contribution in [3.05, 3.63) is 35.9 Å². The highest BCUT2D eigenvalue weighted by Gasteiger charge is 2.31. The smallest absolute Gasteiger partial charge is 0.325 e. The van der Waals surface area contributed by atoms with E-state index in [9.17, 15) is 14.7 Å². The molecule has 0 aromatic heterocycles. The molecule has 2 rings (SSSR count). The van der Waals surface area contributed by atoms with E-state index in [-0.39, 0.29) is 6.10 Å². The molecule has 1 aromatic rings. The second-order valence-electron chi connectivity index (χ2n) is 4.88. The number of hydrogen-bond acceptors (Lipinski definition) is 3. The topological polar surface area (TPSA) is 63.6 Å². The molecule has 0 aliphatic heterocycles. The summed E-state index contributed by atoms with van der Waals surface area (Å²) in [6.07, 6.45) is 4.81. The van der Waals surface area contributed by atoms with Crippen molar-refractivity contribution in [2.75, 3.05) is 0 Å². The van der Waals surface area contributed by atoms with Crippen LogP contribution in [0.25, 0.3) is 0 Å². The van der Waals surface area contributed by atoms with E-state index in [1.165, 1.54) is 0 Å². The van der Waals surface area contributed by atoms with E-state index in [4.69, 9.17) is 4.74 Å². The van der Waals surface area contributed by atoms with Gasteiger partial charge in [-0.15, -0.1) is 0 Å². The molecule has 1 saturated carbocycles. The highest BCUT2D eigenvalue weighted by Crippen LogP contribution is 2.24. The Hall–Kier alpha value is -1.84. The largest absolute Gasteiger partial charge is 0.480 e. The van der Waals surface area contributed by atoms with Gasteiger partial charge in [0.1, 0.15) is 6.10 Å². The minimum Gasteiger partial charge on any atom is -0.480 e. The highest BCUT2D eigenvalue weighted by molar-refractivity contribution is 5.99. The molecule has 1 N–H and O–H groups in total. The summed E-state index contributed by atoms with van der Waals surface area (Å²) in [6, 6.07) is 8.51. The van der Waals surface area contributed by atoms with Crippen LogP contribution in [-0.4, -0.2) is 23.1 Å². The summed E-state index contributed by atoms with van der Waals surface area (Å²) in [5.41, 5.74) is 0.468. The van der Waals surface area contributed by atoms with E-state index in [1.807, 2.05) is 0 Å². The van der Waals surface area contributed by atoms with E-state index in [1.54, 1.807) is 30.3 Å². The van der Waals surface area contributed by atoms with E-state index in [2.05, 4.69) is 0 Å². The van der Waals surface area contributed by atoms with Crippen molar-refractivity contribution >= 4 is 11.9 Å². The lowest BCUT2D eigenvalue weighted by molar-refractivity contribution is -0.159. The van der Waals surface area contributed by atoms with Crippen LogP contribution >= 0.6 is 0 Å². The zero-order valence-corrected chi connectivity index (χ0v) is 10.7. The Balaban J connectivity index is 2.06. The first kappa shape index (κ1) is 13.6. The minimum absolute atomic E-state index is 0.119. The Bertz CT molecular complexity index is 435. The van der Waals surface area contributed by atoms with Crippen LogP contribution in [0, 0.1) is 0 Å². The quantitative estimate of drug-likeness (QED) is 0.669. The lowest BCUT2D eigenvalue weighted by atomic mass is 9.96. The lowest BCUT2D eigenvalue weighted by Crippen LogP contribution is -2.29. The van der Waals surface area contributed by atoms with Crippen LogP contribution in [0.5, 0.6) is 0 Å². The first-order valence-corrected chi connectivity index (χ1v) is 6.66. The van der Waals surface area contributed by atoms with Gasteiger partial charge in [-0.3, -0.25) is 9.59 Å². The van der Waals surface area contributed by atoms with Gasteiger partial charge < -0.3 is 9.84 Å². The average molecular weight is 262 g/mol. The van der Waals surface area contributed by atoms with Gasteiger partial charge >= 0.3 is 11.9 Å². The first-order chi connectivity index (χ1) is 9.18. The van der Waals surface area contributed by atoms with E-state index in [0.717, 1.165) is 32.1 Å². The maximum Gasteiger partial charge on any atom is 0.325 e. The highest BCUT2D eigenvalue weighted by atomic mass is 16.5. The van der Waals surface area contributed by atoms with Crippen LogP contribution in [0.15, 0.2) is 30.3 Å². The molecule has 1 atom stereocenters. The Kier molecular flexibility index (Phi) is 4.55. The summed E-state index contributed by atoms with van der Waals surface area (Å²) in [5.74, 6) is -3.03. The predicted molar refractivity (Wildman–Crippen MR) is 69.8 cm³/mol. The molecule has 1 aliphatic rings. The number of aliphatic carboxylic acids is 1. The second-order valence-corrected chi connectivity index (χ2v) is 4.88. The number of carboxylic acid groups (broad SMARTS) is 1. The number of hydrogen-bond donors (Lipinski definition) is 1. The van der Waals surface area contributed by atoms with Crippen molar-refractivity contribution in [2.24, 2.45) is 0 Å². The minimum atomic E-state index is -1.22. The normalized spacial score (nSPS) is 17.7.